The molecule has 0 aliphatic heterocycles. The second kappa shape index (κ2) is 7.40. The van der Waals surface area contributed by atoms with Gasteiger partial charge in [-0.1, -0.05) is 35.7 Å². The SMILES string of the molecule is Cn1nnnc1SCC(=O)NCC#Cc1ccccc1F. The van der Waals surface area contributed by atoms with Gasteiger partial charge in [-0.25, -0.2) is 9.07 Å². The molecule has 21 heavy (non-hydrogen) atoms. The summed E-state index contributed by atoms with van der Waals surface area (Å²) in [5, 5.41) is 14.1. The van der Waals surface area contributed by atoms with E-state index < -0.39 is 0 Å². The van der Waals surface area contributed by atoms with Crippen molar-refractivity contribution in [3.63, 3.8) is 0 Å². The predicted molar refractivity (Wildman–Crippen MR) is 75.8 cm³/mol. The van der Waals surface area contributed by atoms with Gasteiger partial charge in [-0.3, -0.25) is 4.79 Å². The van der Waals surface area contributed by atoms with E-state index in [1.807, 2.05) is 0 Å². The number of carbonyl (C=O) groups is 1. The van der Waals surface area contributed by atoms with Gasteiger partial charge in [-0.2, -0.15) is 0 Å². The molecule has 1 heterocycles. The van der Waals surface area contributed by atoms with E-state index >= 15 is 0 Å². The Morgan fingerprint density at radius 1 is 1.48 bits per heavy atom. The number of aromatic nitrogens is 4. The van der Waals surface area contributed by atoms with Gasteiger partial charge in [0.25, 0.3) is 0 Å². The number of halogens is 1. The molecule has 1 aromatic heterocycles. The van der Waals surface area contributed by atoms with Crippen molar-refractivity contribution in [3.05, 3.63) is 35.6 Å². The van der Waals surface area contributed by atoms with Gasteiger partial charge in [0, 0.05) is 7.05 Å². The molecule has 0 aliphatic carbocycles. The first-order valence-electron chi connectivity index (χ1n) is 6.02. The molecule has 0 saturated carbocycles. The molecule has 2 rings (SSSR count). The number of nitrogens with one attached hydrogen (secondary N) is 1. The van der Waals surface area contributed by atoms with Crippen LogP contribution in [0.3, 0.4) is 0 Å². The first kappa shape index (κ1) is 15.0. The van der Waals surface area contributed by atoms with Crippen LogP contribution < -0.4 is 5.32 Å². The average Bonchev–Trinajstić information content (AvgIpc) is 2.88. The lowest BCUT2D eigenvalue weighted by Crippen LogP contribution is -2.25. The summed E-state index contributed by atoms with van der Waals surface area (Å²) in [6.07, 6.45) is 0. The maximum atomic E-state index is 13.3. The highest BCUT2D eigenvalue weighted by Gasteiger charge is 2.06. The van der Waals surface area contributed by atoms with E-state index in [1.165, 1.54) is 22.5 Å². The summed E-state index contributed by atoms with van der Waals surface area (Å²) in [5.74, 6) is 4.99. The van der Waals surface area contributed by atoms with E-state index in [2.05, 4.69) is 32.7 Å². The molecule has 1 amide bonds. The number of benzene rings is 1. The Balaban J connectivity index is 1.75. The molecule has 0 saturated heterocycles. The number of thioether (sulfide) groups is 1. The zero-order chi connectivity index (χ0) is 15.1. The second-order valence-corrected chi connectivity index (χ2v) is 4.87. The van der Waals surface area contributed by atoms with Crippen molar-refractivity contribution in [1.82, 2.24) is 25.5 Å². The highest BCUT2D eigenvalue weighted by Crippen LogP contribution is 2.11. The third-order valence-electron chi connectivity index (χ3n) is 2.38. The topological polar surface area (TPSA) is 72.7 Å². The van der Waals surface area contributed by atoms with Gasteiger partial charge in [0.2, 0.25) is 11.1 Å². The first-order valence-corrected chi connectivity index (χ1v) is 7.00. The maximum absolute atomic E-state index is 13.3. The molecule has 0 aliphatic rings. The van der Waals surface area contributed by atoms with Crippen LogP contribution in [0.2, 0.25) is 0 Å². The van der Waals surface area contributed by atoms with Crippen molar-refractivity contribution in [1.29, 1.82) is 0 Å². The van der Waals surface area contributed by atoms with E-state index in [9.17, 15) is 9.18 Å². The molecule has 0 spiro atoms. The summed E-state index contributed by atoms with van der Waals surface area (Å²) >= 11 is 1.23. The summed E-state index contributed by atoms with van der Waals surface area (Å²) in [6.45, 7) is 0.158. The number of nitrogens with zero attached hydrogens (tertiary/aromatic N) is 4. The summed E-state index contributed by atoms with van der Waals surface area (Å²) < 4.78 is 14.8. The van der Waals surface area contributed by atoms with Crippen LogP contribution in [-0.4, -0.2) is 38.4 Å². The predicted octanol–water partition coefficient (Wildman–Crippen LogP) is 0.609. The van der Waals surface area contributed by atoms with Crippen molar-refractivity contribution in [2.75, 3.05) is 12.3 Å². The minimum Gasteiger partial charge on any atom is -0.344 e. The van der Waals surface area contributed by atoms with Crippen LogP contribution in [0.5, 0.6) is 0 Å². The Labute approximate surface area is 125 Å². The standard InChI is InChI=1S/C13H12FN5OS/c1-19-13(16-17-18-19)21-9-12(20)15-8-4-6-10-5-2-3-7-11(10)14/h2-3,5,7H,8-9H2,1H3,(H,15,20). The Kier molecular flexibility index (Phi) is 5.29. The van der Waals surface area contributed by atoms with E-state index in [0.717, 1.165) is 0 Å². The molecule has 0 radical (unpaired) electrons. The van der Waals surface area contributed by atoms with Crippen molar-refractivity contribution in [2.24, 2.45) is 7.05 Å². The zero-order valence-electron chi connectivity index (χ0n) is 11.2. The van der Waals surface area contributed by atoms with Crippen LogP contribution in [0.1, 0.15) is 5.56 Å². The molecule has 108 valence electrons. The number of rotatable bonds is 4. The van der Waals surface area contributed by atoms with Crippen LogP contribution >= 0.6 is 11.8 Å². The Morgan fingerprint density at radius 2 is 2.29 bits per heavy atom. The summed E-state index contributed by atoms with van der Waals surface area (Å²) in [5.41, 5.74) is 0.311. The van der Waals surface area contributed by atoms with Crippen LogP contribution in [0, 0.1) is 17.7 Å². The van der Waals surface area contributed by atoms with Gasteiger partial charge in [-0.15, -0.1) is 5.10 Å². The van der Waals surface area contributed by atoms with Crippen molar-refractivity contribution >= 4 is 17.7 Å². The Morgan fingerprint density at radius 3 is 3.00 bits per heavy atom. The summed E-state index contributed by atoms with van der Waals surface area (Å²) in [7, 11) is 1.69. The Bertz CT molecular complexity index is 691. The highest BCUT2D eigenvalue weighted by molar-refractivity contribution is 7.99. The number of hydrogen-bond acceptors (Lipinski definition) is 5. The molecule has 6 nitrogen and oxygen atoms in total. The van der Waals surface area contributed by atoms with Crippen LogP contribution in [0.15, 0.2) is 29.4 Å². The molecule has 1 N–H and O–H groups in total. The van der Waals surface area contributed by atoms with Crippen LogP contribution in [0.4, 0.5) is 4.39 Å². The normalized spacial score (nSPS) is 9.81. The maximum Gasteiger partial charge on any atom is 0.231 e. The molecular weight excluding hydrogens is 293 g/mol. The number of tetrazole rings is 1. The average molecular weight is 305 g/mol. The van der Waals surface area contributed by atoms with Crippen molar-refractivity contribution < 1.29 is 9.18 Å². The Hall–Kier alpha value is -2.40. The van der Waals surface area contributed by atoms with Crippen LogP contribution in [-0.2, 0) is 11.8 Å². The number of amides is 1. The number of hydrogen-bond donors (Lipinski definition) is 1. The third-order valence-corrected chi connectivity index (χ3v) is 3.40. The van der Waals surface area contributed by atoms with E-state index in [-0.39, 0.29) is 24.0 Å². The minimum atomic E-state index is -0.373. The van der Waals surface area contributed by atoms with Gasteiger partial charge < -0.3 is 5.32 Å². The molecule has 2 aromatic rings. The van der Waals surface area contributed by atoms with Crippen molar-refractivity contribution in [3.8, 4) is 11.8 Å². The second-order valence-electron chi connectivity index (χ2n) is 3.93. The molecule has 0 unspecified atom stereocenters. The van der Waals surface area contributed by atoms with E-state index in [0.29, 0.717) is 10.7 Å². The summed E-state index contributed by atoms with van der Waals surface area (Å²) in [4.78, 5) is 11.6. The zero-order valence-corrected chi connectivity index (χ0v) is 12.0. The fourth-order valence-corrected chi connectivity index (χ4v) is 2.05. The lowest BCUT2D eigenvalue weighted by molar-refractivity contribution is -0.118. The van der Waals surface area contributed by atoms with Gasteiger partial charge in [0.1, 0.15) is 5.82 Å². The fraction of sp³-hybridized carbons (Fsp3) is 0.231. The lowest BCUT2D eigenvalue weighted by Gasteiger charge is -2.00. The first-order chi connectivity index (χ1) is 10.2. The van der Waals surface area contributed by atoms with Crippen LogP contribution in [0.25, 0.3) is 0 Å². The van der Waals surface area contributed by atoms with Gasteiger partial charge in [0.05, 0.1) is 17.9 Å². The molecule has 1 aromatic carbocycles. The highest BCUT2D eigenvalue weighted by atomic mass is 32.2. The fourth-order valence-electron chi connectivity index (χ4n) is 1.37. The van der Waals surface area contributed by atoms with Gasteiger partial charge >= 0.3 is 0 Å². The summed E-state index contributed by atoms with van der Waals surface area (Å²) in [6, 6.07) is 6.23. The number of aryl methyl sites for hydroxylation is 1. The molecular formula is C13H12FN5OS. The van der Waals surface area contributed by atoms with Gasteiger partial charge in [0.15, 0.2) is 0 Å². The third kappa shape index (κ3) is 4.57. The molecule has 0 fully saturated rings. The van der Waals surface area contributed by atoms with E-state index in [4.69, 9.17) is 0 Å². The molecule has 0 bridgehead atoms. The monoisotopic (exact) mass is 305 g/mol. The number of carbonyl (C=O) groups excluding carboxylic acids is 1. The molecule has 0 atom stereocenters. The molecule has 8 heteroatoms. The smallest absolute Gasteiger partial charge is 0.231 e. The quantitative estimate of drug-likeness (QED) is 0.662. The largest absolute Gasteiger partial charge is 0.344 e. The van der Waals surface area contributed by atoms with Crippen molar-refractivity contribution in [2.45, 2.75) is 5.16 Å². The lowest BCUT2D eigenvalue weighted by atomic mass is 10.2. The van der Waals surface area contributed by atoms with Gasteiger partial charge in [-0.05, 0) is 22.6 Å². The van der Waals surface area contributed by atoms with E-state index in [1.54, 1.807) is 25.2 Å². The minimum absolute atomic E-state index is 0.158.